The first-order valence-electron chi connectivity index (χ1n) is 8.74. The third kappa shape index (κ3) is 4.07. The van der Waals surface area contributed by atoms with E-state index >= 15 is 0 Å². The van der Waals surface area contributed by atoms with Crippen molar-refractivity contribution < 1.29 is 9.59 Å². The monoisotopic (exact) mass is 340 g/mol. The van der Waals surface area contributed by atoms with Crippen molar-refractivity contribution in [2.45, 2.75) is 33.1 Å². The largest absolute Gasteiger partial charge is 0.352 e. The summed E-state index contributed by atoms with van der Waals surface area (Å²) < 4.78 is 1.85. The van der Waals surface area contributed by atoms with Gasteiger partial charge in [-0.15, -0.1) is 0 Å². The van der Waals surface area contributed by atoms with Gasteiger partial charge >= 0.3 is 0 Å². The van der Waals surface area contributed by atoms with Gasteiger partial charge < -0.3 is 10.2 Å². The Kier molecular flexibility index (Phi) is 5.16. The van der Waals surface area contributed by atoms with Crippen molar-refractivity contribution in [3.8, 4) is 5.69 Å². The van der Waals surface area contributed by atoms with E-state index in [2.05, 4.69) is 10.4 Å². The molecule has 132 valence electrons. The number of aryl methyl sites for hydroxylation is 2. The molecule has 0 unspecified atom stereocenters. The highest BCUT2D eigenvalue weighted by Crippen LogP contribution is 2.13. The van der Waals surface area contributed by atoms with Crippen molar-refractivity contribution in [2.24, 2.45) is 0 Å². The highest BCUT2D eigenvalue weighted by Gasteiger charge is 2.17. The number of amides is 2. The molecule has 1 aromatic carbocycles. The lowest BCUT2D eigenvalue weighted by Gasteiger charge is -2.15. The van der Waals surface area contributed by atoms with Crippen molar-refractivity contribution in [3.05, 3.63) is 47.3 Å². The number of benzene rings is 1. The van der Waals surface area contributed by atoms with E-state index in [-0.39, 0.29) is 11.8 Å². The fourth-order valence-corrected chi connectivity index (χ4v) is 3.15. The second-order valence-electron chi connectivity index (χ2n) is 6.48. The molecular formula is C19H24N4O2. The zero-order valence-corrected chi connectivity index (χ0v) is 14.8. The molecule has 2 heterocycles. The zero-order chi connectivity index (χ0) is 17.8. The van der Waals surface area contributed by atoms with Gasteiger partial charge in [-0.1, -0.05) is 0 Å². The van der Waals surface area contributed by atoms with Crippen LogP contribution in [-0.4, -0.2) is 46.1 Å². The van der Waals surface area contributed by atoms with Crippen LogP contribution in [0, 0.1) is 13.8 Å². The Morgan fingerprint density at radius 3 is 2.40 bits per heavy atom. The summed E-state index contributed by atoms with van der Waals surface area (Å²) in [5.41, 5.74) is 3.52. The first-order valence-corrected chi connectivity index (χ1v) is 8.74. The molecule has 6 heteroatoms. The van der Waals surface area contributed by atoms with Crippen LogP contribution in [0.15, 0.2) is 30.3 Å². The van der Waals surface area contributed by atoms with Crippen LogP contribution in [0.25, 0.3) is 5.69 Å². The van der Waals surface area contributed by atoms with E-state index in [1.54, 1.807) is 12.1 Å². The highest BCUT2D eigenvalue weighted by atomic mass is 16.2. The van der Waals surface area contributed by atoms with E-state index < -0.39 is 0 Å². The van der Waals surface area contributed by atoms with Gasteiger partial charge in [0.05, 0.1) is 11.4 Å². The summed E-state index contributed by atoms with van der Waals surface area (Å²) in [6.45, 7) is 6.02. The second-order valence-corrected chi connectivity index (χ2v) is 6.48. The molecule has 1 saturated heterocycles. The summed E-state index contributed by atoms with van der Waals surface area (Å²) in [6, 6.07) is 9.33. The predicted molar refractivity (Wildman–Crippen MR) is 95.8 cm³/mol. The van der Waals surface area contributed by atoms with E-state index in [0.717, 1.165) is 43.0 Å². The number of nitrogens with zero attached hydrogens (tertiary/aromatic N) is 3. The number of nitrogens with one attached hydrogen (secondary N) is 1. The summed E-state index contributed by atoms with van der Waals surface area (Å²) in [5.74, 6) is -0.0354. The van der Waals surface area contributed by atoms with Crippen LogP contribution >= 0.6 is 0 Å². The molecule has 0 aliphatic carbocycles. The molecule has 1 fully saturated rings. The predicted octanol–water partition coefficient (Wildman–Crippen LogP) is 2.23. The van der Waals surface area contributed by atoms with Gasteiger partial charge in [-0.2, -0.15) is 5.10 Å². The molecule has 1 N–H and O–H groups in total. The minimum Gasteiger partial charge on any atom is -0.352 e. The number of carbonyl (C=O) groups is 2. The smallest absolute Gasteiger partial charge is 0.251 e. The molecule has 2 amide bonds. The molecule has 0 saturated carbocycles. The number of aromatic nitrogens is 2. The van der Waals surface area contributed by atoms with Gasteiger partial charge in [-0.05, 0) is 57.0 Å². The van der Waals surface area contributed by atoms with E-state index in [0.29, 0.717) is 18.5 Å². The van der Waals surface area contributed by atoms with Gasteiger partial charge in [0.1, 0.15) is 0 Å². The molecule has 6 nitrogen and oxygen atoms in total. The van der Waals surface area contributed by atoms with E-state index in [9.17, 15) is 9.59 Å². The molecule has 1 aliphatic rings. The molecular weight excluding hydrogens is 316 g/mol. The molecule has 0 atom stereocenters. The zero-order valence-electron chi connectivity index (χ0n) is 14.8. The van der Waals surface area contributed by atoms with Crippen LogP contribution in [-0.2, 0) is 4.79 Å². The van der Waals surface area contributed by atoms with Gasteiger partial charge in [0, 0.05) is 37.3 Å². The summed E-state index contributed by atoms with van der Waals surface area (Å²) in [6.07, 6.45) is 2.52. The van der Waals surface area contributed by atoms with Crippen molar-refractivity contribution >= 4 is 11.8 Å². The fourth-order valence-electron chi connectivity index (χ4n) is 3.15. The second kappa shape index (κ2) is 7.51. The minimum atomic E-state index is -0.158. The quantitative estimate of drug-likeness (QED) is 0.908. The molecule has 3 rings (SSSR count). The molecule has 25 heavy (non-hydrogen) atoms. The van der Waals surface area contributed by atoms with Gasteiger partial charge in [0.2, 0.25) is 5.91 Å². The Morgan fingerprint density at radius 2 is 1.80 bits per heavy atom. The lowest BCUT2D eigenvalue weighted by Crippen LogP contribution is -2.32. The van der Waals surface area contributed by atoms with Gasteiger partial charge in [0.15, 0.2) is 0 Å². The first-order chi connectivity index (χ1) is 12.0. The van der Waals surface area contributed by atoms with Crippen molar-refractivity contribution in [3.63, 3.8) is 0 Å². The minimum absolute atomic E-state index is 0.123. The topological polar surface area (TPSA) is 67.2 Å². The van der Waals surface area contributed by atoms with Gasteiger partial charge in [-0.3, -0.25) is 9.59 Å². The number of likely N-dealkylation sites (tertiary alicyclic amines) is 1. The van der Waals surface area contributed by atoms with Crippen molar-refractivity contribution in [1.82, 2.24) is 20.0 Å². The first kappa shape index (κ1) is 17.2. The van der Waals surface area contributed by atoms with Crippen LogP contribution in [0.3, 0.4) is 0 Å². The van der Waals surface area contributed by atoms with Crippen LogP contribution in [0.2, 0.25) is 0 Å². The lowest BCUT2D eigenvalue weighted by atomic mass is 10.2. The van der Waals surface area contributed by atoms with Gasteiger partial charge in [0.25, 0.3) is 5.91 Å². The summed E-state index contributed by atoms with van der Waals surface area (Å²) in [5, 5.41) is 7.25. The number of rotatable bonds is 5. The summed E-state index contributed by atoms with van der Waals surface area (Å²) in [4.78, 5) is 26.0. The summed E-state index contributed by atoms with van der Waals surface area (Å²) >= 11 is 0. The average molecular weight is 340 g/mol. The maximum Gasteiger partial charge on any atom is 0.251 e. The molecule has 0 spiro atoms. The van der Waals surface area contributed by atoms with Crippen LogP contribution in [0.4, 0.5) is 0 Å². The molecule has 0 bridgehead atoms. The molecule has 0 radical (unpaired) electrons. The fraction of sp³-hybridized carbons (Fsp3) is 0.421. The molecule has 2 aromatic rings. The standard InChI is InChI=1S/C19H24N4O2/c1-14-13-15(2)23(21-14)17-7-5-16(6-8-17)19(25)20-10-9-18(24)22-11-3-4-12-22/h5-8,13H,3-4,9-12H2,1-2H3,(H,20,25). The number of hydrogen-bond acceptors (Lipinski definition) is 3. The third-order valence-electron chi connectivity index (χ3n) is 4.47. The van der Waals surface area contributed by atoms with Crippen molar-refractivity contribution in [2.75, 3.05) is 19.6 Å². The average Bonchev–Trinajstić information content (AvgIpc) is 3.24. The Balaban J connectivity index is 1.54. The maximum absolute atomic E-state index is 12.2. The third-order valence-corrected chi connectivity index (χ3v) is 4.47. The maximum atomic E-state index is 12.2. The number of hydrogen-bond donors (Lipinski definition) is 1. The molecule has 1 aliphatic heterocycles. The SMILES string of the molecule is Cc1cc(C)n(-c2ccc(C(=O)NCCC(=O)N3CCCC3)cc2)n1. The van der Waals surface area contributed by atoms with Crippen molar-refractivity contribution in [1.29, 1.82) is 0 Å². The Labute approximate surface area is 147 Å². The highest BCUT2D eigenvalue weighted by molar-refractivity contribution is 5.94. The van der Waals surface area contributed by atoms with E-state index in [4.69, 9.17) is 0 Å². The Hall–Kier alpha value is -2.63. The lowest BCUT2D eigenvalue weighted by molar-refractivity contribution is -0.129. The summed E-state index contributed by atoms with van der Waals surface area (Å²) in [7, 11) is 0. The Morgan fingerprint density at radius 1 is 1.12 bits per heavy atom. The van der Waals surface area contributed by atoms with Crippen LogP contribution < -0.4 is 5.32 Å². The molecule has 1 aromatic heterocycles. The van der Waals surface area contributed by atoms with Crippen LogP contribution in [0.5, 0.6) is 0 Å². The van der Waals surface area contributed by atoms with E-state index in [1.807, 2.05) is 41.6 Å². The van der Waals surface area contributed by atoms with E-state index in [1.165, 1.54) is 0 Å². The Bertz CT molecular complexity index is 758. The normalized spacial score (nSPS) is 13.9. The van der Waals surface area contributed by atoms with Gasteiger partial charge in [-0.25, -0.2) is 4.68 Å². The van der Waals surface area contributed by atoms with Crippen LogP contribution in [0.1, 0.15) is 41.0 Å². The number of carbonyl (C=O) groups excluding carboxylic acids is 2.